The van der Waals surface area contributed by atoms with E-state index in [0.717, 1.165) is 0 Å². The molecule has 4 rings (SSSR count). The van der Waals surface area contributed by atoms with Crippen molar-refractivity contribution in [2.24, 2.45) is 0 Å². The summed E-state index contributed by atoms with van der Waals surface area (Å²) < 4.78 is 8.94. The second kappa shape index (κ2) is 4.82. The zero-order valence-electron chi connectivity index (χ0n) is 11.8. The summed E-state index contributed by atoms with van der Waals surface area (Å²) in [5, 5.41) is 12.1. The Bertz CT molecular complexity index is 885. The smallest absolute Gasteiger partial charge is 0.347 e. The molecular weight excluding hydrogens is 318 g/mol. The molecule has 118 valence electrons. The minimum atomic E-state index is -0.812. The highest BCUT2D eigenvalue weighted by Crippen LogP contribution is 2.25. The van der Waals surface area contributed by atoms with Crippen LogP contribution >= 0.6 is 0 Å². The Balaban J connectivity index is 1.74. The molecule has 8 heteroatoms. The van der Waals surface area contributed by atoms with E-state index in [4.69, 9.17) is 0 Å². The molecule has 0 bridgehead atoms. The van der Waals surface area contributed by atoms with Gasteiger partial charge in [-0.15, -0.1) is 0 Å². The van der Waals surface area contributed by atoms with Crippen LogP contribution in [0.4, 0.5) is 11.4 Å². The molecule has 0 atom stereocenters. The van der Waals surface area contributed by atoms with E-state index in [0.29, 0.717) is 0 Å². The van der Waals surface area contributed by atoms with Gasteiger partial charge in [0.2, 0.25) is 0 Å². The van der Waals surface area contributed by atoms with E-state index in [2.05, 4.69) is 9.47 Å². The van der Waals surface area contributed by atoms with E-state index in [1.807, 2.05) is 0 Å². The molecule has 0 aromatic heterocycles. The summed E-state index contributed by atoms with van der Waals surface area (Å²) >= 11 is 0. The number of benzene rings is 2. The molecule has 0 saturated carbocycles. The molecule has 8 nitrogen and oxygen atoms in total. The summed E-state index contributed by atoms with van der Waals surface area (Å²) in [5.74, 6) is -3.14. The van der Waals surface area contributed by atoms with Gasteiger partial charge in [-0.1, -0.05) is 0 Å². The molecule has 0 aliphatic carbocycles. The van der Waals surface area contributed by atoms with Gasteiger partial charge in [-0.3, -0.25) is 0 Å². The Labute approximate surface area is 133 Å². The quantitative estimate of drug-likeness (QED) is 0.490. The zero-order chi connectivity index (χ0) is 17.0. The molecule has 0 radical (unpaired) electrons. The predicted octanol–water partition coefficient (Wildman–Crippen LogP) is 0.654. The molecule has 0 fully saturated rings. The van der Waals surface area contributed by atoms with Gasteiger partial charge in [0.15, 0.2) is 0 Å². The normalized spacial score (nSPS) is 15.4. The van der Waals surface area contributed by atoms with Crippen molar-refractivity contribution >= 4 is 35.3 Å². The third-order valence-electron chi connectivity index (χ3n) is 3.81. The van der Waals surface area contributed by atoms with E-state index in [1.54, 1.807) is 0 Å². The lowest BCUT2D eigenvalue weighted by Crippen LogP contribution is -2.96. The topological polar surface area (TPSA) is 114 Å². The molecule has 2 heterocycles. The summed E-state index contributed by atoms with van der Waals surface area (Å²) in [7, 11) is 0. The lowest BCUT2D eigenvalue weighted by Gasteiger charge is -2.21. The Kier molecular flexibility index (Phi) is 2.86. The molecule has 0 saturated heterocycles. The maximum absolute atomic E-state index is 12.5. The molecule has 0 spiro atoms. The van der Waals surface area contributed by atoms with Crippen molar-refractivity contribution in [2.75, 3.05) is 0 Å². The summed E-state index contributed by atoms with van der Waals surface area (Å²) in [5.41, 5.74) is 0.527. The Hall–Kier alpha value is -3.36. The molecule has 2 aromatic rings. The standard InChI is InChI=1S/C16H7NO7/c18-13-9-3-1-7(5-11(9)15(20)23-13)17(22)8-2-4-10-12(6-8)16(21)24-14(10)19/h1-6,17H. The fourth-order valence-corrected chi connectivity index (χ4v) is 2.62. The first-order chi connectivity index (χ1) is 11.5. The average molecular weight is 325 g/mol. The second-order valence-electron chi connectivity index (χ2n) is 5.20. The van der Waals surface area contributed by atoms with Gasteiger partial charge in [-0.25, -0.2) is 19.2 Å². The van der Waals surface area contributed by atoms with Gasteiger partial charge in [-0.2, -0.15) is 0 Å². The van der Waals surface area contributed by atoms with Crippen LogP contribution in [0.25, 0.3) is 0 Å². The van der Waals surface area contributed by atoms with Crippen molar-refractivity contribution in [3.8, 4) is 0 Å². The van der Waals surface area contributed by atoms with E-state index >= 15 is 0 Å². The number of rotatable bonds is 2. The van der Waals surface area contributed by atoms with Gasteiger partial charge in [-0.05, 0) is 12.1 Å². The van der Waals surface area contributed by atoms with Gasteiger partial charge >= 0.3 is 23.9 Å². The molecule has 24 heavy (non-hydrogen) atoms. The first-order valence-corrected chi connectivity index (χ1v) is 6.81. The van der Waals surface area contributed by atoms with Crippen molar-refractivity contribution in [1.82, 2.24) is 0 Å². The molecule has 2 aliphatic rings. The van der Waals surface area contributed by atoms with Crippen molar-refractivity contribution in [3.05, 3.63) is 63.9 Å². The van der Waals surface area contributed by atoms with E-state index in [-0.39, 0.29) is 33.6 Å². The minimum Gasteiger partial charge on any atom is -0.623 e. The van der Waals surface area contributed by atoms with Crippen molar-refractivity contribution in [2.45, 2.75) is 0 Å². The largest absolute Gasteiger partial charge is 0.623 e. The fourth-order valence-electron chi connectivity index (χ4n) is 2.62. The van der Waals surface area contributed by atoms with Crippen LogP contribution in [-0.4, -0.2) is 23.9 Å². The van der Waals surface area contributed by atoms with E-state index in [9.17, 15) is 24.4 Å². The number of quaternary nitrogens is 1. The lowest BCUT2D eigenvalue weighted by atomic mass is 10.1. The monoisotopic (exact) mass is 325 g/mol. The first-order valence-electron chi connectivity index (χ1n) is 6.81. The number of ether oxygens (including phenoxy) is 2. The SMILES string of the molecule is O=C1OC(=O)c2cc([NH+]([O-])c3ccc4c(c3)C(=O)OC4=O)ccc21. The Morgan fingerprint density at radius 1 is 0.625 bits per heavy atom. The Morgan fingerprint density at radius 3 is 1.42 bits per heavy atom. The van der Waals surface area contributed by atoms with Crippen LogP contribution in [0.5, 0.6) is 0 Å². The molecule has 2 aromatic carbocycles. The highest BCUT2D eigenvalue weighted by atomic mass is 16.6. The number of carbonyl (C=O) groups is 4. The number of esters is 4. The number of cyclic esters (lactones) is 4. The van der Waals surface area contributed by atoms with Gasteiger partial charge in [0.25, 0.3) is 0 Å². The van der Waals surface area contributed by atoms with Crippen molar-refractivity contribution in [3.63, 3.8) is 0 Å². The van der Waals surface area contributed by atoms with Crippen molar-refractivity contribution < 1.29 is 33.7 Å². The number of hydrogen-bond acceptors (Lipinski definition) is 7. The molecule has 0 unspecified atom stereocenters. The highest BCUT2D eigenvalue weighted by Gasteiger charge is 2.32. The second-order valence-corrected chi connectivity index (χ2v) is 5.20. The summed E-state index contributed by atoms with van der Waals surface area (Å²) in [4.78, 5) is 46.0. The van der Waals surface area contributed by atoms with Gasteiger partial charge in [0.1, 0.15) is 11.4 Å². The van der Waals surface area contributed by atoms with Crippen molar-refractivity contribution in [1.29, 1.82) is 0 Å². The fraction of sp³-hybridized carbons (Fsp3) is 0. The summed E-state index contributed by atoms with van der Waals surface area (Å²) in [6, 6.07) is 7.97. The zero-order valence-corrected chi connectivity index (χ0v) is 11.8. The summed E-state index contributed by atoms with van der Waals surface area (Å²) in [6.45, 7) is 0. The number of carbonyl (C=O) groups excluding carboxylic acids is 4. The van der Waals surface area contributed by atoms with Crippen LogP contribution in [-0.2, 0) is 9.47 Å². The first kappa shape index (κ1) is 14.2. The number of fused-ring (bicyclic) bond motifs is 2. The third-order valence-corrected chi connectivity index (χ3v) is 3.81. The maximum atomic E-state index is 12.5. The molecule has 0 amide bonds. The van der Waals surface area contributed by atoms with E-state index < -0.39 is 28.9 Å². The van der Waals surface area contributed by atoms with Gasteiger partial charge in [0, 0.05) is 24.3 Å². The number of nitrogens with one attached hydrogen (secondary N) is 1. The average Bonchev–Trinajstić information content (AvgIpc) is 3.02. The predicted molar refractivity (Wildman–Crippen MR) is 76.0 cm³/mol. The molecule has 1 N–H and O–H groups in total. The highest BCUT2D eigenvalue weighted by molar-refractivity contribution is 6.15. The van der Waals surface area contributed by atoms with Gasteiger partial charge in [0.05, 0.1) is 22.3 Å². The summed E-state index contributed by atoms with van der Waals surface area (Å²) in [6.07, 6.45) is 0. The molecule has 2 aliphatic heterocycles. The van der Waals surface area contributed by atoms with Crippen LogP contribution in [0.1, 0.15) is 41.4 Å². The maximum Gasteiger partial charge on any atom is 0.347 e. The molecular formula is C16H7NO7. The van der Waals surface area contributed by atoms with Gasteiger partial charge < -0.3 is 19.7 Å². The van der Waals surface area contributed by atoms with Crippen LogP contribution < -0.4 is 5.06 Å². The van der Waals surface area contributed by atoms with Crippen LogP contribution in [0.3, 0.4) is 0 Å². The Morgan fingerprint density at radius 2 is 1.00 bits per heavy atom. The van der Waals surface area contributed by atoms with E-state index in [1.165, 1.54) is 36.4 Å². The lowest BCUT2D eigenvalue weighted by molar-refractivity contribution is -0.698. The van der Waals surface area contributed by atoms with Crippen LogP contribution in [0.15, 0.2) is 36.4 Å². The third kappa shape index (κ3) is 1.94. The van der Waals surface area contributed by atoms with Crippen LogP contribution in [0, 0.1) is 5.21 Å². The number of hydrogen-bond donors (Lipinski definition) is 1. The van der Waals surface area contributed by atoms with Crippen LogP contribution in [0.2, 0.25) is 0 Å². The minimum absolute atomic E-state index is 0.0154.